The Morgan fingerprint density at radius 2 is 2.10 bits per heavy atom. The molecule has 0 aromatic heterocycles. The van der Waals surface area contributed by atoms with Crippen LogP contribution in [0.2, 0.25) is 0 Å². The first kappa shape index (κ1) is 14.9. The van der Waals surface area contributed by atoms with Crippen LogP contribution in [0.4, 0.5) is 4.79 Å². The Morgan fingerprint density at radius 1 is 1.30 bits per heavy atom. The summed E-state index contributed by atoms with van der Waals surface area (Å²) in [5.41, 5.74) is 2.15. The minimum Gasteiger partial charge on any atom is -0.390 e. The Morgan fingerprint density at radius 3 is 2.90 bits per heavy atom. The molecule has 0 saturated heterocycles. The largest absolute Gasteiger partial charge is 0.390 e. The molecule has 4 heteroatoms. The molecule has 2 atom stereocenters. The molecule has 110 valence electrons. The van der Waals surface area contributed by atoms with Crippen molar-refractivity contribution in [2.45, 2.75) is 51.2 Å². The average molecular weight is 276 g/mol. The van der Waals surface area contributed by atoms with Gasteiger partial charge in [0.25, 0.3) is 0 Å². The second kappa shape index (κ2) is 7.29. The normalized spacial score (nSPS) is 20.5. The van der Waals surface area contributed by atoms with Gasteiger partial charge in [-0.05, 0) is 17.5 Å². The van der Waals surface area contributed by atoms with Gasteiger partial charge in [0.1, 0.15) is 0 Å². The van der Waals surface area contributed by atoms with Crippen molar-refractivity contribution in [3.8, 4) is 0 Å². The van der Waals surface area contributed by atoms with Crippen molar-refractivity contribution < 1.29 is 9.90 Å². The number of fused-ring (bicyclic) bond motifs is 1. The fourth-order valence-electron chi connectivity index (χ4n) is 2.69. The van der Waals surface area contributed by atoms with Crippen LogP contribution in [-0.4, -0.2) is 23.8 Å². The molecule has 0 spiro atoms. The molecule has 0 bridgehead atoms. The van der Waals surface area contributed by atoms with Gasteiger partial charge >= 0.3 is 6.03 Å². The van der Waals surface area contributed by atoms with E-state index >= 15 is 0 Å². The summed E-state index contributed by atoms with van der Waals surface area (Å²) in [6.45, 7) is 2.86. The summed E-state index contributed by atoms with van der Waals surface area (Å²) < 4.78 is 0. The lowest BCUT2D eigenvalue weighted by Crippen LogP contribution is -2.41. The highest BCUT2D eigenvalue weighted by Gasteiger charge is 2.31. The number of nitrogens with one attached hydrogen (secondary N) is 2. The van der Waals surface area contributed by atoms with Gasteiger partial charge in [0, 0.05) is 13.0 Å². The number of amides is 2. The molecule has 1 aromatic carbocycles. The number of aliphatic hydroxyl groups excluding tert-OH is 1. The summed E-state index contributed by atoms with van der Waals surface area (Å²) in [4.78, 5) is 11.9. The maximum absolute atomic E-state index is 11.9. The Labute approximate surface area is 120 Å². The number of aliphatic hydroxyl groups is 1. The van der Waals surface area contributed by atoms with Crippen LogP contribution < -0.4 is 10.6 Å². The predicted octanol–water partition coefficient (Wildman–Crippen LogP) is 2.52. The Balaban J connectivity index is 1.80. The summed E-state index contributed by atoms with van der Waals surface area (Å²) >= 11 is 0. The van der Waals surface area contributed by atoms with Crippen LogP contribution >= 0.6 is 0 Å². The predicted molar refractivity (Wildman–Crippen MR) is 79.6 cm³/mol. The van der Waals surface area contributed by atoms with Crippen molar-refractivity contribution in [1.82, 2.24) is 10.6 Å². The van der Waals surface area contributed by atoms with Crippen molar-refractivity contribution >= 4 is 6.03 Å². The van der Waals surface area contributed by atoms with E-state index in [0.29, 0.717) is 13.0 Å². The molecule has 0 fully saturated rings. The number of urea groups is 1. The lowest BCUT2D eigenvalue weighted by molar-refractivity contribution is 0.142. The van der Waals surface area contributed by atoms with Crippen LogP contribution in [0.25, 0.3) is 0 Å². The first-order valence-corrected chi connectivity index (χ1v) is 7.52. The third-order valence-corrected chi connectivity index (χ3v) is 3.81. The molecule has 1 aliphatic rings. The molecule has 0 radical (unpaired) electrons. The summed E-state index contributed by atoms with van der Waals surface area (Å²) in [5.74, 6) is 0. The number of carbonyl (C=O) groups is 1. The smallest absolute Gasteiger partial charge is 0.315 e. The molecule has 0 aliphatic heterocycles. The van der Waals surface area contributed by atoms with E-state index in [0.717, 1.165) is 24.0 Å². The van der Waals surface area contributed by atoms with Gasteiger partial charge in [-0.25, -0.2) is 4.79 Å². The number of benzene rings is 1. The molecule has 2 unspecified atom stereocenters. The quantitative estimate of drug-likeness (QED) is 0.699. The topological polar surface area (TPSA) is 61.4 Å². The highest BCUT2D eigenvalue weighted by atomic mass is 16.3. The Hall–Kier alpha value is -1.55. The second-order valence-corrected chi connectivity index (χ2v) is 5.41. The summed E-state index contributed by atoms with van der Waals surface area (Å²) in [6.07, 6.45) is 4.63. The first-order chi connectivity index (χ1) is 9.72. The minimum absolute atomic E-state index is 0.192. The zero-order chi connectivity index (χ0) is 14.4. The van der Waals surface area contributed by atoms with Crippen molar-refractivity contribution in [2.24, 2.45) is 0 Å². The van der Waals surface area contributed by atoms with Crippen LogP contribution in [0.15, 0.2) is 24.3 Å². The first-order valence-electron chi connectivity index (χ1n) is 7.52. The van der Waals surface area contributed by atoms with Crippen LogP contribution in [-0.2, 0) is 6.42 Å². The van der Waals surface area contributed by atoms with E-state index in [2.05, 4.69) is 17.6 Å². The summed E-state index contributed by atoms with van der Waals surface area (Å²) in [6, 6.07) is 7.39. The minimum atomic E-state index is -0.529. The Kier molecular flexibility index (Phi) is 5.41. The molecule has 0 heterocycles. The van der Waals surface area contributed by atoms with Crippen LogP contribution in [0.3, 0.4) is 0 Å². The number of hydrogen-bond donors (Lipinski definition) is 3. The van der Waals surface area contributed by atoms with Gasteiger partial charge in [-0.1, -0.05) is 50.5 Å². The zero-order valence-corrected chi connectivity index (χ0v) is 12.1. The number of unbranched alkanes of at least 4 members (excludes halogenated alkanes) is 3. The van der Waals surface area contributed by atoms with E-state index in [9.17, 15) is 9.90 Å². The van der Waals surface area contributed by atoms with Gasteiger partial charge in [0.2, 0.25) is 0 Å². The number of hydrogen-bond acceptors (Lipinski definition) is 2. The standard InChI is InChI=1S/C16H24N2O2/c1-2-3-4-7-10-17-16(20)18-15-13-9-6-5-8-12(13)11-14(15)19/h5-6,8-9,14-15,19H,2-4,7,10-11H2,1H3,(H2,17,18,20). The molecule has 1 aromatic rings. The van der Waals surface area contributed by atoms with Crippen LogP contribution in [0, 0.1) is 0 Å². The van der Waals surface area contributed by atoms with Crippen LogP contribution in [0.5, 0.6) is 0 Å². The van der Waals surface area contributed by atoms with E-state index in [1.165, 1.54) is 12.8 Å². The van der Waals surface area contributed by atoms with Crippen molar-refractivity contribution in [2.75, 3.05) is 6.54 Å². The monoisotopic (exact) mass is 276 g/mol. The second-order valence-electron chi connectivity index (χ2n) is 5.41. The van der Waals surface area contributed by atoms with Gasteiger partial charge in [-0.3, -0.25) is 0 Å². The van der Waals surface area contributed by atoms with E-state index in [4.69, 9.17) is 0 Å². The molecule has 2 rings (SSSR count). The van der Waals surface area contributed by atoms with Gasteiger partial charge in [0.15, 0.2) is 0 Å². The van der Waals surface area contributed by atoms with Crippen LogP contribution in [0.1, 0.15) is 49.8 Å². The lowest BCUT2D eigenvalue weighted by Gasteiger charge is -2.18. The van der Waals surface area contributed by atoms with E-state index in [1.807, 2.05) is 24.3 Å². The fraction of sp³-hybridized carbons (Fsp3) is 0.562. The van der Waals surface area contributed by atoms with Crippen molar-refractivity contribution in [3.05, 3.63) is 35.4 Å². The molecule has 2 amide bonds. The fourth-order valence-corrected chi connectivity index (χ4v) is 2.69. The van der Waals surface area contributed by atoms with E-state index in [1.54, 1.807) is 0 Å². The van der Waals surface area contributed by atoms with E-state index in [-0.39, 0.29) is 12.1 Å². The summed E-state index contributed by atoms with van der Waals surface area (Å²) in [7, 11) is 0. The molecule has 0 saturated carbocycles. The average Bonchev–Trinajstić information content (AvgIpc) is 2.75. The number of rotatable bonds is 6. The third kappa shape index (κ3) is 3.73. The molecular weight excluding hydrogens is 252 g/mol. The third-order valence-electron chi connectivity index (χ3n) is 3.81. The molecule has 20 heavy (non-hydrogen) atoms. The summed E-state index contributed by atoms with van der Waals surface area (Å²) in [5, 5.41) is 15.8. The lowest BCUT2D eigenvalue weighted by atomic mass is 10.1. The Bertz CT molecular complexity index is 448. The van der Waals surface area contributed by atoms with Gasteiger partial charge in [-0.15, -0.1) is 0 Å². The zero-order valence-electron chi connectivity index (χ0n) is 12.1. The van der Waals surface area contributed by atoms with E-state index < -0.39 is 6.10 Å². The SMILES string of the molecule is CCCCCCNC(=O)NC1c2ccccc2CC1O. The molecular formula is C16H24N2O2. The van der Waals surface area contributed by atoms with Crippen molar-refractivity contribution in [3.63, 3.8) is 0 Å². The highest BCUT2D eigenvalue weighted by Crippen LogP contribution is 2.30. The number of carbonyl (C=O) groups excluding carboxylic acids is 1. The molecule has 3 N–H and O–H groups in total. The van der Waals surface area contributed by atoms with Gasteiger partial charge in [0.05, 0.1) is 12.1 Å². The maximum atomic E-state index is 11.9. The molecule has 4 nitrogen and oxygen atoms in total. The molecule has 1 aliphatic carbocycles. The van der Waals surface area contributed by atoms with Gasteiger partial charge < -0.3 is 15.7 Å². The van der Waals surface area contributed by atoms with Crippen molar-refractivity contribution in [1.29, 1.82) is 0 Å². The van der Waals surface area contributed by atoms with Gasteiger partial charge in [-0.2, -0.15) is 0 Å². The maximum Gasteiger partial charge on any atom is 0.315 e. The highest BCUT2D eigenvalue weighted by molar-refractivity contribution is 5.74.